The van der Waals surface area contributed by atoms with Crippen LogP contribution in [-0.2, 0) is 0 Å². The molecule has 3 N–H and O–H groups in total. The highest BCUT2D eigenvalue weighted by Gasteiger charge is 2.13. The molecule has 0 saturated heterocycles. The number of amides is 1. The second-order valence-electron chi connectivity index (χ2n) is 5.41. The highest BCUT2D eigenvalue weighted by molar-refractivity contribution is 5.92. The summed E-state index contributed by atoms with van der Waals surface area (Å²) in [6.07, 6.45) is 1.58. The van der Waals surface area contributed by atoms with Crippen molar-refractivity contribution in [2.45, 2.75) is 32.9 Å². The van der Waals surface area contributed by atoms with E-state index < -0.39 is 0 Å². The maximum absolute atomic E-state index is 12.2. The molecule has 0 aliphatic rings. The number of pyridine rings is 1. The van der Waals surface area contributed by atoms with Gasteiger partial charge in [0.15, 0.2) is 0 Å². The fourth-order valence-corrected chi connectivity index (χ4v) is 2.02. The standard InChI is InChI=1S/C17H21N3O2.ClH/c1-11(2)22-15-6-4-5-13(9-15)12(3)20-17(21)16-8-7-14(18)10-19-16;/h4-12H,18H2,1-3H3,(H,20,21);1H. The molecule has 1 heterocycles. The first-order chi connectivity index (χ1) is 10.5. The molecular weight excluding hydrogens is 314 g/mol. The van der Waals surface area contributed by atoms with E-state index in [4.69, 9.17) is 10.5 Å². The number of halogens is 1. The fourth-order valence-electron chi connectivity index (χ4n) is 2.02. The highest BCUT2D eigenvalue weighted by Crippen LogP contribution is 2.20. The van der Waals surface area contributed by atoms with E-state index in [1.54, 1.807) is 12.1 Å². The second-order valence-corrected chi connectivity index (χ2v) is 5.41. The van der Waals surface area contributed by atoms with Crippen molar-refractivity contribution in [3.8, 4) is 5.75 Å². The molecular formula is C17H22ClN3O2. The smallest absolute Gasteiger partial charge is 0.270 e. The van der Waals surface area contributed by atoms with E-state index in [0.717, 1.165) is 11.3 Å². The lowest BCUT2D eigenvalue weighted by Gasteiger charge is -2.16. The first kappa shape index (κ1) is 18.8. The summed E-state index contributed by atoms with van der Waals surface area (Å²) in [6.45, 7) is 5.87. The van der Waals surface area contributed by atoms with Crippen LogP contribution in [0.3, 0.4) is 0 Å². The minimum absolute atomic E-state index is 0. The molecule has 23 heavy (non-hydrogen) atoms. The number of carbonyl (C=O) groups excluding carboxylic acids is 1. The Kier molecular flexibility index (Phi) is 6.85. The van der Waals surface area contributed by atoms with Crippen molar-refractivity contribution in [1.29, 1.82) is 0 Å². The maximum Gasteiger partial charge on any atom is 0.270 e. The lowest BCUT2D eigenvalue weighted by atomic mass is 10.1. The van der Waals surface area contributed by atoms with E-state index >= 15 is 0 Å². The van der Waals surface area contributed by atoms with Gasteiger partial charge >= 0.3 is 0 Å². The van der Waals surface area contributed by atoms with E-state index in [1.807, 2.05) is 45.0 Å². The largest absolute Gasteiger partial charge is 0.491 e. The lowest BCUT2D eigenvalue weighted by Crippen LogP contribution is -2.27. The summed E-state index contributed by atoms with van der Waals surface area (Å²) >= 11 is 0. The van der Waals surface area contributed by atoms with Crippen molar-refractivity contribution >= 4 is 24.0 Å². The van der Waals surface area contributed by atoms with Gasteiger partial charge in [0.2, 0.25) is 0 Å². The van der Waals surface area contributed by atoms with Crippen molar-refractivity contribution in [2.24, 2.45) is 0 Å². The van der Waals surface area contributed by atoms with Crippen molar-refractivity contribution in [1.82, 2.24) is 10.3 Å². The first-order valence-electron chi connectivity index (χ1n) is 7.24. The summed E-state index contributed by atoms with van der Waals surface area (Å²) in [5.74, 6) is 0.557. The molecule has 0 aliphatic carbocycles. The zero-order valence-electron chi connectivity index (χ0n) is 13.4. The number of ether oxygens (including phenoxy) is 1. The monoisotopic (exact) mass is 335 g/mol. The summed E-state index contributed by atoms with van der Waals surface area (Å²) in [6, 6.07) is 10.8. The minimum Gasteiger partial charge on any atom is -0.491 e. The molecule has 5 nitrogen and oxygen atoms in total. The summed E-state index contributed by atoms with van der Waals surface area (Å²) in [5, 5.41) is 2.91. The fraction of sp³-hybridized carbons (Fsp3) is 0.294. The average Bonchev–Trinajstić information content (AvgIpc) is 2.47. The highest BCUT2D eigenvalue weighted by atomic mass is 35.5. The van der Waals surface area contributed by atoms with E-state index in [2.05, 4.69) is 10.3 Å². The summed E-state index contributed by atoms with van der Waals surface area (Å²) < 4.78 is 5.67. The Morgan fingerprint density at radius 2 is 1.96 bits per heavy atom. The van der Waals surface area contributed by atoms with Gasteiger partial charge in [-0.1, -0.05) is 12.1 Å². The van der Waals surface area contributed by atoms with Crippen LogP contribution in [0, 0.1) is 0 Å². The van der Waals surface area contributed by atoms with Gasteiger partial charge in [0.1, 0.15) is 11.4 Å². The molecule has 2 aromatic rings. The van der Waals surface area contributed by atoms with E-state index in [1.165, 1.54) is 6.20 Å². The molecule has 6 heteroatoms. The average molecular weight is 336 g/mol. The number of hydrogen-bond acceptors (Lipinski definition) is 4. The Morgan fingerprint density at radius 1 is 1.22 bits per heavy atom. The van der Waals surface area contributed by atoms with E-state index in [0.29, 0.717) is 11.4 Å². The number of hydrogen-bond donors (Lipinski definition) is 2. The number of nitrogens with zero attached hydrogens (tertiary/aromatic N) is 1. The van der Waals surface area contributed by atoms with Gasteiger partial charge in [-0.25, -0.2) is 4.98 Å². The van der Waals surface area contributed by atoms with Crippen LogP contribution in [0.2, 0.25) is 0 Å². The van der Waals surface area contributed by atoms with Crippen molar-refractivity contribution < 1.29 is 9.53 Å². The molecule has 1 aromatic carbocycles. The summed E-state index contributed by atoms with van der Waals surface area (Å²) in [7, 11) is 0. The minimum atomic E-state index is -0.234. The van der Waals surface area contributed by atoms with Crippen LogP contribution >= 0.6 is 12.4 Å². The Labute approximate surface area is 142 Å². The number of benzene rings is 1. The zero-order valence-corrected chi connectivity index (χ0v) is 14.3. The van der Waals surface area contributed by atoms with Crippen LogP contribution in [0.25, 0.3) is 0 Å². The van der Waals surface area contributed by atoms with Crippen LogP contribution in [0.15, 0.2) is 42.6 Å². The van der Waals surface area contributed by atoms with Crippen LogP contribution in [0.4, 0.5) is 5.69 Å². The zero-order chi connectivity index (χ0) is 16.1. The van der Waals surface area contributed by atoms with E-state index in [9.17, 15) is 4.79 Å². The van der Waals surface area contributed by atoms with Gasteiger partial charge in [0.05, 0.1) is 24.0 Å². The van der Waals surface area contributed by atoms with Gasteiger partial charge in [-0.05, 0) is 50.6 Å². The van der Waals surface area contributed by atoms with Crippen LogP contribution in [0.1, 0.15) is 42.9 Å². The molecule has 1 unspecified atom stereocenters. The number of anilines is 1. The topological polar surface area (TPSA) is 77.2 Å². The molecule has 0 spiro atoms. The second kappa shape index (κ2) is 8.39. The summed E-state index contributed by atoms with van der Waals surface area (Å²) in [5.41, 5.74) is 7.42. The lowest BCUT2D eigenvalue weighted by molar-refractivity contribution is 0.0934. The molecule has 1 aromatic heterocycles. The Bertz CT molecular complexity index is 645. The molecule has 0 radical (unpaired) electrons. The Balaban J connectivity index is 0.00000264. The number of rotatable bonds is 5. The molecule has 0 fully saturated rings. The van der Waals surface area contributed by atoms with Crippen molar-refractivity contribution in [3.63, 3.8) is 0 Å². The number of nitrogens with two attached hydrogens (primary N) is 1. The van der Waals surface area contributed by atoms with Gasteiger partial charge < -0.3 is 15.8 Å². The number of aromatic nitrogens is 1. The molecule has 0 saturated carbocycles. The predicted molar refractivity (Wildman–Crippen MR) is 94.0 cm³/mol. The maximum atomic E-state index is 12.2. The van der Waals surface area contributed by atoms with Gasteiger partial charge in [0, 0.05) is 0 Å². The Morgan fingerprint density at radius 3 is 2.57 bits per heavy atom. The summed E-state index contributed by atoms with van der Waals surface area (Å²) in [4.78, 5) is 16.2. The normalized spacial score (nSPS) is 11.5. The third-order valence-electron chi connectivity index (χ3n) is 3.10. The van der Waals surface area contributed by atoms with Gasteiger partial charge in [-0.15, -0.1) is 12.4 Å². The van der Waals surface area contributed by atoms with Crippen LogP contribution in [-0.4, -0.2) is 17.0 Å². The molecule has 0 aliphatic heterocycles. The van der Waals surface area contributed by atoms with Crippen molar-refractivity contribution in [2.75, 3.05) is 5.73 Å². The Hall–Kier alpha value is -2.27. The predicted octanol–water partition coefficient (Wildman–Crippen LogP) is 3.36. The first-order valence-corrected chi connectivity index (χ1v) is 7.24. The third kappa shape index (κ3) is 5.45. The third-order valence-corrected chi connectivity index (χ3v) is 3.10. The van der Waals surface area contributed by atoms with Gasteiger partial charge in [0.25, 0.3) is 5.91 Å². The SMILES string of the molecule is CC(C)Oc1cccc(C(C)NC(=O)c2ccc(N)cn2)c1.Cl. The van der Waals surface area contributed by atoms with Crippen molar-refractivity contribution in [3.05, 3.63) is 53.9 Å². The molecule has 1 atom stereocenters. The molecule has 2 rings (SSSR count). The number of nitrogens with one attached hydrogen (secondary N) is 1. The molecule has 0 bridgehead atoms. The number of nitrogen functional groups attached to an aromatic ring is 1. The number of carbonyl (C=O) groups is 1. The molecule has 124 valence electrons. The van der Waals surface area contributed by atoms with Crippen LogP contribution in [0.5, 0.6) is 5.75 Å². The van der Waals surface area contributed by atoms with Gasteiger partial charge in [-0.2, -0.15) is 0 Å². The quantitative estimate of drug-likeness (QED) is 0.878. The molecule has 1 amide bonds. The van der Waals surface area contributed by atoms with Crippen LogP contribution < -0.4 is 15.8 Å². The van der Waals surface area contributed by atoms with E-state index in [-0.39, 0.29) is 30.5 Å². The van der Waals surface area contributed by atoms with Gasteiger partial charge in [-0.3, -0.25) is 4.79 Å².